The molecule has 2 heterocycles. The third-order valence-electron chi connectivity index (χ3n) is 3.99. The van der Waals surface area contributed by atoms with Crippen LogP contribution in [0.2, 0.25) is 0 Å². The third kappa shape index (κ3) is 2.66. The molecule has 0 radical (unpaired) electrons. The first kappa shape index (κ1) is 14.8. The Kier molecular flexibility index (Phi) is 4.17. The number of hydrogen-bond acceptors (Lipinski definition) is 5. The first-order chi connectivity index (χ1) is 10.1. The van der Waals surface area contributed by atoms with Gasteiger partial charge in [-0.25, -0.2) is 9.97 Å². The minimum Gasteiger partial charge on any atom is -0.344 e. The van der Waals surface area contributed by atoms with Crippen LogP contribution in [0.5, 0.6) is 0 Å². The Bertz CT molecular complexity index is 675. The largest absolute Gasteiger partial charge is 0.344 e. The highest BCUT2D eigenvalue weighted by Gasteiger charge is 2.29. The average Bonchev–Trinajstić information content (AvgIpc) is 3.11. The van der Waals surface area contributed by atoms with E-state index in [1.54, 1.807) is 28.0 Å². The maximum atomic E-state index is 12.5. The Balaban J connectivity index is 2.20. The number of aromatic nitrogens is 2. The molecule has 0 saturated heterocycles. The topological polar surface area (TPSA) is 46.1 Å². The summed E-state index contributed by atoms with van der Waals surface area (Å²) in [6, 6.07) is 0. The van der Waals surface area contributed by atoms with Crippen LogP contribution in [0.3, 0.4) is 0 Å². The second-order valence-electron chi connectivity index (χ2n) is 5.60. The summed E-state index contributed by atoms with van der Waals surface area (Å²) < 4.78 is 1.03. The van der Waals surface area contributed by atoms with Crippen LogP contribution in [0.1, 0.15) is 46.8 Å². The van der Waals surface area contributed by atoms with Gasteiger partial charge in [0.25, 0.3) is 5.91 Å². The number of fused-ring (bicyclic) bond motifs is 1. The second kappa shape index (κ2) is 5.93. The van der Waals surface area contributed by atoms with E-state index in [0.29, 0.717) is 5.92 Å². The van der Waals surface area contributed by atoms with E-state index in [0.717, 1.165) is 33.1 Å². The van der Waals surface area contributed by atoms with Gasteiger partial charge in [-0.1, -0.05) is 24.6 Å². The molecule has 0 unspecified atom stereocenters. The smallest absolute Gasteiger partial charge is 0.263 e. The third-order valence-corrected chi connectivity index (χ3v) is 5.67. The average molecular weight is 321 g/mol. The molecule has 4 nitrogen and oxygen atoms in total. The van der Waals surface area contributed by atoms with Crippen LogP contribution in [0.25, 0.3) is 10.2 Å². The first-order valence-electron chi connectivity index (χ1n) is 7.17. The fraction of sp³-hybridized carbons (Fsp3) is 0.533. The van der Waals surface area contributed by atoms with Gasteiger partial charge >= 0.3 is 0 Å². The lowest BCUT2D eigenvalue weighted by Gasteiger charge is -2.14. The van der Waals surface area contributed by atoms with E-state index in [2.05, 4.69) is 4.98 Å². The standard InChI is InChI=1S/C15H19N3OS2/c1-18(2)14(19)13-11(9-6-4-5-7-9)12-10(21-13)8-16-15(17-12)20-3/h8-9H,4-7H2,1-3H3. The molecule has 0 spiro atoms. The molecule has 1 amide bonds. The number of rotatable bonds is 3. The summed E-state index contributed by atoms with van der Waals surface area (Å²) in [7, 11) is 3.62. The Morgan fingerprint density at radius 1 is 1.38 bits per heavy atom. The van der Waals surface area contributed by atoms with Gasteiger partial charge < -0.3 is 4.90 Å². The van der Waals surface area contributed by atoms with E-state index < -0.39 is 0 Å². The Morgan fingerprint density at radius 2 is 2.10 bits per heavy atom. The molecule has 112 valence electrons. The molecule has 6 heteroatoms. The normalized spacial score (nSPS) is 15.8. The number of nitrogens with zero attached hydrogens (tertiary/aromatic N) is 3. The summed E-state index contributed by atoms with van der Waals surface area (Å²) >= 11 is 3.09. The minimum atomic E-state index is 0.0885. The van der Waals surface area contributed by atoms with Crippen molar-refractivity contribution in [3.63, 3.8) is 0 Å². The van der Waals surface area contributed by atoms with E-state index in [1.165, 1.54) is 18.4 Å². The predicted molar refractivity (Wildman–Crippen MR) is 88.4 cm³/mol. The quantitative estimate of drug-likeness (QED) is 0.637. The highest BCUT2D eigenvalue weighted by Crippen LogP contribution is 2.43. The fourth-order valence-corrected chi connectivity index (χ4v) is 4.51. The molecule has 3 rings (SSSR count). The molecule has 0 atom stereocenters. The molecule has 0 bridgehead atoms. The number of hydrogen-bond donors (Lipinski definition) is 0. The van der Waals surface area contributed by atoms with Crippen molar-refractivity contribution in [3.05, 3.63) is 16.6 Å². The van der Waals surface area contributed by atoms with Crippen LogP contribution >= 0.6 is 23.1 Å². The van der Waals surface area contributed by atoms with Crippen LogP contribution < -0.4 is 0 Å². The lowest BCUT2D eigenvalue weighted by molar-refractivity contribution is 0.0831. The molecular formula is C15H19N3OS2. The monoisotopic (exact) mass is 321 g/mol. The maximum absolute atomic E-state index is 12.5. The molecule has 1 fully saturated rings. The zero-order valence-corrected chi connectivity index (χ0v) is 14.2. The minimum absolute atomic E-state index is 0.0885. The maximum Gasteiger partial charge on any atom is 0.263 e. The highest BCUT2D eigenvalue weighted by molar-refractivity contribution is 7.98. The lowest BCUT2D eigenvalue weighted by Crippen LogP contribution is -2.22. The van der Waals surface area contributed by atoms with Gasteiger partial charge in [-0.2, -0.15) is 0 Å². The SMILES string of the molecule is CSc1ncc2sc(C(=O)N(C)C)c(C3CCCC3)c2n1. The van der Waals surface area contributed by atoms with Crippen molar-refractivity contribution in [2.75, 3.05) is 20.4 Å². The number of carbonyl (C=O) groups is 1. The number of carbonyl (C=O) groups excluding carboxylic acids is 1. The van der Waals surface area contributed by atoms with Gasteiger partial charge in [0.2, 0.25) is 0 Å². The summed E-state index contributed by atoms with van der Waals surface area (Å²) in [6.07, 6.45) is 8.67. The zero-order valence-electron chi connectivity index (χ0n) is 12.5. The van der Waals surface area contributed by atoms with Crippen LogP contribution in [-0.4, -0.2) is 41.1 Å². The van der Waals surface area contributed by atoms with Gasteiger partial charge in [-0.05, 0) is 25.0 Å². The van der Waals surface area contributed by atoms with Crippen molar-refractivity contribution >= 4 is 39.2 Å². The van der Waals surface area contributed by atoms with Gasteiger partial charge in [0, 0.05) is 25.9 Å². The van der Waals surface area contributed by atoms with Crippen molar-refractivity contribution in [3.8, 4) is 0 Å². The molecule has 2 aromatic heterocycles. The number of thioether (sulfide) groups is 1. The Labute approximate surface area is 133 Å². The van der Waals surface area contributed by atoms with E-state index in [9.17, 15) is 4.79 Å². The van der Waals surface area contributed by atoms with E-state index in [1.807, 2.05) is 26.5 Å². The summed E-state index contributed by atoms with van der Waals surface area (Å²) in [4.78, 5) is 24.1. The molecule has 0 aromatic carbocycles. The van der Waals surface area contributed by atoms with Crippen LogP contribution in [0, 0.1) is 0 Å². The molecule has 0 N–H and O–H groups in total. The zero-order chi connectivity index (χ0) is 15.0. The highest BCUT2D eigenvalue weighted by atomic mass is 32.2. The summed E-state index contributed by atoms with van der Waals surface area (Å²) in [6.45, 7) is 0. The molecule has 1 aliphatic rings. The second-order valence-corrected chi connectivity index (χ2v) is 7.42. The van der Waals surface area contributed by atoms with E-state index >= 15 is 0 Å². The molecule has 21 heavy (non-hydrogen) atoms. The summed E-state index contributed by atoms with van der Waals surface area (Å²) in [5, 5.41) is 0.781. The molecule has 2 aromatic rings. The molecular weight excluding hydrogens is 302 g/mol. The van der Waals surface area contributed by atoms with E-state index in [4.69, 9.17) is 4.98 Å². The van der Waals surface area contributed by atoms with E-state index in [-0.39, 0.29) is 5.91 Å². The number of amides is 1. The molecule has 0 aliphatic heterocycles. The summed E-state index contributed by atoms with van der Waals surface area (Å²) in [5.41, 5.74) is 2.17. The summed E-state index contributed by atoms with van der Waals surface area (Å²) in [5.74, 6) is 0.563. The Hall–Kier alpha value is -1.14. The lowest BCUT2D eigenvalue weighted by atomic mass is 9.96. The van der Waals surface area contributed by atoms with Crippen LogP contribution in [0.15, 0.2) is 11.4 Å². The van der Waals surface area contributed by atoms with Gasteiger partial charge in [0.1, 0.15) is 0 Å². The van der Waals surface area contributed by atoms with Crippen molar-refractivity contribution < 1.29 is 4.79 Å². The van der Waals surface area contributed by atoms with Crippen molar-refractivity contribution in [1.29, 1.82) is 0 Å². The van der Waals surface area contributed by atoms with Gasteiger partial charge in [0.15, 0.2) is 5.16 Å². The van der Waals surface area contributed by atoms with Gasteiger partial charge in [0.05, 0.1) is 15.1 Å². The number of thiophene rings is 1. The van der Waals surface area contributed by atoms with Gasteiger partial charge in [-0.3, -0.25) is 4.79 Å². The molecule has 1 aliphatic carbocycles. The Morgan fingerprint density at radius 3 is 2.71 bits per heavy atom. The van der Waals surface area contributed by atoms with Crippen molar-refractivity contribution in [1.82, 2.24) is 14.9 Å². The molecule has 1 saturated carbocycles. The fourth-order valence-electron chi connectivity index (χ4n) is 2.95. The van der Waals surface area contributed by atoms with Crippen LogP contribution in [-0.2, 0) is 0 Å². The first-order valence-corrected chi connectivity index (χ1v) is 9.21. The van der Waals surface area contributed by atoms with Crippen molar-refractivity contribution in [2.45, 2.75) is 36.8 Å². The van der Waals surface area contributed by atoms with Crippen LogP contribution in [0.4, 0.5) is 0 Å². The predicted octanol–water partition coefficient (Wildman–Crippen LogP) is 3.77. The van der Waals surface area contributed by atoms with Crippen molar-refractivity contribution in [2.24, 2.45) is 0 Å². The van der Waals surface area contributed by atoms with Gasteiger partial charge in [-0.15, -0.1) is 11.3 Å².